The highest BCUT2D eigenvalue weighted by Gasteiger charge is 2.13. The summed E-state index contributed by atoms with van der Waals surface area (Å²) in [6, 6.07) is 15.7. The average molecular weight is 375 g/mol. The fraction of sp³-hybridized carbons (Fsp3) is 0.304. The SMILES string of the molecule is Cc1ccc2cc(CCNC(=O)c3ccc(N4CCCC4)cc3)c(=O)[nH]c2c1. The maximum absolute atomic E-state index is 12.4. The lowest BCUT2D eigenvalue weighted by atomic mass is 10.1. The molecule has 1 saturated heterocycles. The highest BCUT2D eigenvalue weighted by Crippen LogP contribution is 2.20. The number of carbonyl (C=O) groups is 1. The number of hydrogen-bond acceptors (Lipinski definition) is 3. The summed E-state index contributed by atoms with van der Waals surface area (Å²) in [5.41, 5.74) is 4.36. The van der Waals surface area contributed by atoms with Crippen molar-refractivity contribution in [3.63, 3.8) is 0 Å². The molecule has 0 radical (unpaired) electrons. The van der Waals surface area contributed by atoms with Gasteiger partial charge in [-0.1, -0.05) is 12.1 Å². The van der Waals surface area contributed by atoms with Crippen LogP contribution in [0, 0.1) is 6.92 Å². The summed E-state index contributed by atoms with van der Waals surface area (Å²) in [6.07, 6.45) is 2.96. The Hall–Kier alpha value is -3.08. The predicted octanol–water partition coefficient (Wildman–Crippen LogP) is 3.41. The zero-order valence-corrected chi connectivity index (χ0v) is 16.1. The van der Waals surface area contributed by atoms with Crippen molar-refractivity contribution in [3.8, 4) is 0 Å². The molecule has 0 atom stereocenters. The molecule has 1 fully saturated rings. The van der Waals surface area contributed by atoms with E-state index in [0.717, 1.165) is 29.6 Å². The second kappa shape index (κ2) is 7.89. The van der Waals surface area contributed by atoms with Crippen LogP contribution in [-0.2, 0) is 6.42 Å². The van der Waals surface area contributed by atoms with Gasteiger partial charge in [-0.2, -0.15) is 0 Å². The van der Waals surface area contributed by atoms with E-state index in [1.54, 1.807) is 0 Å². The number of pyridine rings is 1. The number of anilines is 1. The molecule has 144 valence electrons. The molecule has 1 aliphatic rings. The molecular weight excluding hydrogens is 350 g/mol. The van der Waals surface area contributed by atoms with Gasteiger partial charge in [-0.15, -0.1) is 0 Å². The second-order valence-corrected chi connectivity index (χ2v) is 7.46. The summed E-state index contributed by atoms with van der Waals surface area (Å²) in [6.45, 7) is 4.60. The van der Waals surface area contributed by atoms with E-state index in [0.29, 0.717) is 24.1 Å². The van der Waals surface area contributed by atoms with Crippen molar-refractivity contribution in [2.75, 3.05) is 24.5 Å². The molecule has 1 aliphatic heterocycles. The lowest BCUT2D eigenvalue weighted by Crippen LogP contribution is -2.27. The molecule has 1 amide bonds. The molecule has 4 rings (SSSR count). The van der Waals surface area contributed by atoms with E-state index in [4.69, 9.17) is 0 Å². The third-order valence-corrected chi connectivity index (χ3v) is 5.36. The zero-order chi connectivity index (χ0) is 19.5. The highest BCUT2D eigenvalue weighted by atomic mass is 16.1. The minimum atomic E-state index is -0.110. The van der Waals surface area contributed by atoms with E-state index in [1.165, 1.54) is 18.5 Å². The maximum Gasteiger partial charge on any atom is 0.251 e. The number of fused-ring (bicyclic) bond motifs is 1. The first-order valence-electron chi connectivity index (χ1n) is 9.86. The van der Waals surface area contributed by atoms with Crippen LogP contribution < -0.4 is 15.8 Å². The predicted molar refractivity (Wildman–Crippen MR) is 113 cm³/mol. The summed E-state index contributed by atoms with van der Waals surface area (Å²) in [4.78, 5) is 29.9. The van der Waals surface area contributed by atoms with Gasteiger partial charge in [0.15, 0.2) is 0 Å². The molecule has 0 spiro atoms. The molecule has 0 aliphatic carbocycles. The fourth-order valence-corrected chi connectivity index (χ4v) is 3.76. The lowest BCUT2D eigenvalue weighted by molar-refractivity contribution is 0.0954. The monoisotopic (exact) mass is 375 g/mol. The molecule has 0 saturated carbocycles. The molecule has 3 aromatic rings. The van der Waals surface area contributed by atoms with E-state index >= 15 is 0 Å². The van der Waals surface area contributed by atoms with Crippen LogP contribution in [0.4, 0.5) is 5.69 Å². The van der Waals surface area contributed by atoms with Gasteiger partial charge in [-0.25, -0.2) is 0 Å². The number of carbonyl (C=O) groups excluding carboxylic acids is 1. The minimum Gasteiger partial charge on any atom is -0.372 e. The molecule has 5 nitrogen and oxygen atoms in total. The van der Waals surface area contributed by atoms with Gasteiger partial charge in [0.05, 0.1) is 0 Å². The first-order valence-corrected chi connectivity index (χ1v) is 9.86. The molecule has 28 heavy (non-hydrogen) atoms. The molecular formula is C23H25N3O2. The van der Waals surface area contributed by atoms with Gasteiger partial charge in [0, 0.05) is 42.0 Å². The Morgan fingerprint density at radius 3 is 2.57 bits per heavy atom. The maximum atomic E-state index is 12.4. The third kappa shape index (κ3) is 3.93. The topological polar surface area (TPSA) is 65.2 Å². The Labute approximate surface area is 164 Å². The molecule has 2 heterocycles. The van der Waals surface area contributed by atoms with Gasteiger partial charge < -0.3 is 15.2 Å². The number of aromatic amines is 1. The number of benzene rings is 2. The van der Waals surface area contributed by atoms with Gasteiger partial charge in [0.25, 0.3) is 11.5 Å². The minimum absolute atomic E-state index is 0.0951. The van der Waals surface area contributed by atoms with Gasteiger partial charge in [0.2, 0.25) is 0 Å². The van der Waals surface area contributed by atoms with Crippen molar-refractivity contribution in [2.24, 2.45) is 0 Å². The van der Waals surface area contributed by atoms with E-state index in [1.807, 2.05) is 55.5 Å². The normalized spacial score (nSPS) is 13.8. The first kappa shape index (κ1) is 18.3. The Morgan fingerprint density at radius 2 is 1.82 bits per heavy atom. The van der Waals surface area contributed by atoms with Crippen molar-refractivity contribution in [1.82, 2.24) is 10.3 Å². The van der Waals surface area contributed by atoms with Crippen molar-refractivity contribution < 1.29 is 4.79 Å². The van der Waals surface area contributed by atoms with Crippen LogP contribution in [-0.4, -0.2) is 30.5 Å². The van der Waals surface area contributed by atoms with Crippen LogP contribution >= 0.6 is 0 Å². The number of aromatic nitrogens is 1. The third-order valence-electron chi connectivity index (χ3n) is 5.36. The van der Waals surface area contributed by atoms with Gasteiger partial charge >= 0.3 is 0 Å². The standard InChI is InChI=1S/C23H25N3O2/c1-16-4-5-18-15-19(23(28)25-21(18)14-16)10-11-24-22(27)17-6-8-20(9-7-17)26-12-2-3-13-26/h4-9,14-15H,2-3,10-13H2,1H3,(H,24,27)(H,25,28). The summed E-state index contributed by atoms with van der Waals surface area (Å²) in [7, 11) is 0. The van der Waals surface area contributed by atoms with Crippen molar-refractivity contribution in [1.29, 1.82) is 0 Å². The number of nitrogens with one attached hydrogen (secondary N) is 2. The Bertz CT molecular complexity index is 1050. The number of rotatable bonds is 5. The summed E-state index contributed by atoms with van der Waals surface area (Å²) < 4.78 is 0. The van der Waals surface area contributed by atoms with Crippen molar-refractivity contribution >= 4 is 22.5 Å². The van der Waals surface area contributed by atoms with Crippen LogP contribution in [0.3, 0.4) is 0 Å². The van der Waals surface area contributed by atoms with E-state index < -0.39 is 0 Å². The Morgan fingerprint density at radius 1 is 1.07 bits per heavy atom. The van der Waals surface area contributed by atoms with E-state index in [9.17, 15) is 9.59 Å². The fourth-order valence-electron chi connectivity index (χ4n) is 3.76. The number of nitrogens with zero attached hydrogens (tertiary/aromatic N) is 1. The summed E-state index contributed by atoms with van der Waals surface area (Å²) >= 11 is 0. The highest BCUT2D eigenvalue weighted by molar-refractivity contribution is 5.94. The lowest BCUT2D eigenvalue weighted by Gasteiger charge is -2.17. The molecule has 0 unspecified atom stereocenters. The number of aryl methyl sites for hydroxylation is 1. The average Bonchev–Trinajstić information content (AvgIpc) is 3.23. The smallest absolute Gasteiger partial charge is 0.251 e. The Balaban J connectivity index is 1.37. The van der Waals surface area contributed by atoms with Crippen LogP contribution in [0.2, 0.25) is 0 Å². The largest absolute Gasteiger partial charge is 0.372 e. The molecule has 0 bridgehead atoms. The van der Waals surface area contributed by atoms with Crippen LogP contribution in [0.1, 0.15) is 34.3 Å². The van der Waals surface area contributed by atoms with Crippen molar-refractivity contribution in [2.45, 2.75) is 26.2 Å². The van der Waals surface area contributed by atoms with Crippen LogP contribution in [0.5, 0.6) is 0 Å². The van der Waals surface area contributed by atoms with Crippen LogP contribution in [0.15, 0.2) is 53.3 Å². The number of hydrogen-bond donors (Lipinski definition) is 2. The summed E-state index contributed by atoms with van der Waals surface area (Å²) in [5, 5.41) is 3.92. The molecule has 1 aromatic heterocycles. The van der Waals surface area contributed by atoms with Crippen LogP contribution in [0.25, 0.3) is 10.9 Å². The van der Waals surface area contributed by atoms with Gasteiger partial charge in [-0.3, -0.25) is 9.59 Å². The summed E-state index contributed by atoms with van der Waals surface area (Å²) in [5.74, 6) is -0.110. The van der Waals surface area contributed by atoms with E-state index in [-0.39, 0.29) is 11.5 Å². The second-order valence-electron chi connectivity index (χ2n) is 7.46. The number of H-pyrrole nitrogens is 1. The first-order chi connectivity index (χ1) is 13.6. The zero-order valence-electron chi connectivity index (χ0n) is 16.1. The molecule has 2 N–H and O–H groups in total. The molecule has 2 aromatic carbocycles. The van der Waals surface area contributed by atoms with Crippen molar-refractivity contribution in [3.05, 3.63) is 75.6 Å². The number of amides is 1. The Kier molecular flexibility index (Phi) is 5.15. The van der Waals surface area contributed by atoms with Gasteiger partial charge in [-0.05, 0) is 73.5 Å². The molecule has 5 heteroatoms. The van der Waals surface area contributed by atoms with Gasteiger partial charge in [0.1, 0.15) is 0 Å². The quantitative estimate of drug-likeness (QED) is 0.718. The van der Waals surface area contributed by atoms with E-state index in [2.05, 4.69) is 15.2 Å².